The molecule has 0 atom stereocenters. The summed E-state index contributed by atoms with van der Waals surface area (Å²) in [4.78, 5) is 22.3. The molecule has 3 aromatic rings. The molecule has 0 aromatic carbocycles. The Labute approximate surface area is 179 Å². The summed E-state index contributed by atoms with van der Waals surface area (Å²) in [7, 11) is 2.18. The Morgan fingerprint density at radius 2 is 1.83 bits per heavy atom. The normalized spacial score (nSPS) is 18.9. The smallest absolute Gasteiger partial charge is 0.163 e. The van der Waals surface area contributed by atoms with Crippen LogP contribution in [-0.4, -0.2) is 89.4 Å². The zero-order valence-corrected chi connectivity index (χ0v) is 17.9. The highest BCUT2D eigenvalue weighted by molar-refractivity contribution is 7.19. The maximum atomic E-state index is 9.86. The zero-order valence-electron chi connectivity index (χ0n) is 17.1. The lowest BCUT2D eigenvalue weighted by molar-refractivity contribution is 0.122. The summed E-state index contributed by atoms with van der Waals surface area (Å²) < 4.78 is 6.67. The lowest BCUT2D eigenvalue weighted by Crippen LogP contribution is -2.43. The Bertz CT molecular complexity index is 1030. The van der Waals surface area contributed by atoms with Crippen LogP contribution in [0.3, 0.4) is 0 Å². The first-order valence-electron chi connectivity index (χ1n) is 10.3. The van der Waals surface area contributed by atoms with Gasteiger partial charge in [0.15, 0.2) is 11.6 Å². The summed E-state index contributed by atoms with van der Waals surface area (Å²) in [6, 6.07) is 3.86. The van der Waals surface area contributed by atoms with Crippen molar-refractivity contribution in [3.05, 3.63) is 29.4 Å². The summed E-state index contributed by atoms with van der Waals surface area (Å²) in [5.74, 6) is 1.66. The maximum absolute atomic E-state index is 9.86. The van der Waals surface area contributed by atoms with Crippen LogP contribution in [0.5, 0.6) is 5.75 Å². The van der Waals surface area contributed by atoms with Crippen molar-refractivity contribution in [2.45, 2.75) is 6.54 Å². The van der Waals surface area contributed by atoms with Gasteiger partial charge >= 0.3 is 0 Å². The lowest BCUT2D eigenvalue weighted by Gasteiger charge is -2.31. The molecule has 0 radical (unpaired) electrons. The predicted molar refractivity (Wildman–Crippen MR) is 118 cm³/mol. The number of rotatable bonds is 4. The van der Waals surface area contributed by atoms with Crippen LogP contribution < -0.4 is 4.90 Å². The van der Waals surface area contributed by atoms with Crippen molar-refractivity contribution in [2.75, 3.05) is 64.4 Å². The van der Waals surface area contributed by atoms with Crippen LogP contribution in [-0.2, 0) is 11.3 Å². The van der Waals surface area contributed by atoms with Crippen molar-refractivity contribution in [3.63, 3.8) is 0 Å². The topological polar surface area (TPSA) is 77.9 Å². The van der Waals surface area contributed by atoms with Gasteiger partial charge in [-0.05, 0) is 19.2 Å². The minimum atomic E-state index is 0.116. The molecule has 5 heterocycles. The van der Waals surface area contributed by atoms with E-state index in [1.807, 2.05) is 0 Å². The molecular formula is C21H26N6O2S. The van der Waals surface area contributed by atoms with Crippen molar-refractivity contribution in [2.24, 2.45) is 0 Å². The van der Waals surface area contributed by atoms with Crippen molar-refractivity contribution >= 4 is 27.4 Å². The monoisotopic (exact) mass is 426 g/mol. The van der Waals surface area contributed by atoms with Crippen LogP contribution >= 0.6 is 11.3 Å². The largest absolute Gasteiger partial charge is 0.506 e. The van der Waals surface area contributed by atoms with E-state index >= 15 is 0 Å². The number of hydrogen-bond donors (Lipinski definition) is 1. The highest BCUT2D eigenvalue weighted by atomic mass is 32.1. The molecule has 2 aliphatic rings. The molecule has 158 valence electrons. The molecule has 0 bridgehead atoms. The van der Waals surface area contributed by atoms with Crippen molar-refractivity contribution in [1.29, 1.82) is 0 Å². The van der Waals surface area contributed by atoms with E-state index in [-0.39, 0.29) is 5.75 Å². The van der Waals surface area contributed by atoms with Gasteiger partial charge in [-0.15, -0.1) is 11.3 Å². The first-order valence-corrected chi connectivity index (χ1v) is 11.2. The first kappa shape index (κ1) is 19.6. The van der Waals surface area contributed by atoms with E-state index in [9.17, 15) is 5.11 Å². The molecule has 0 saturated carbocycles. The fourth-order valence-corrected chi connectivity index (χ4v) is 5.09. The molecule has 9 heteroatoms. The van der Waals surface area contributed by atoms with Gasteiger partial charge in [-0.3, -0.25) is 9.88 Å². The van der Waals surface area contributed by atoms with Gasteiger partial charge in [-0.2, -0.15) is 0 Å². The Morgan fingerprint density at radius 3 is 2.60 bits per heavy atom. The number of aromatic nitrogens is 3. The number of pyridine rings is 1. The Hall–Kier alpha value is -2.33. The zero-order chi connectivity index (χ0) is 20.5. The molecule has 2 fully saturated rings. The molecule has 0 spiro atoms. The number of piperazine rings is 1. The predicted octanol–water partition coefficient (Wildman–Crippen LogP) is 2.04. The Balaban J connectivity index is 1.52. The summed E-state index contributed by atoms with van der Waals surface area (Å²) in [6.07, 6.45) is 3.12. The molecule has 1 N–H and O–H groups in total. The molecule has 3 aromatic heterocycles. The quantitative estimate of drug-likeness (QED) is 0.679. The number of morpholine rings is 1. The van der Waals surface area contributed by atoms with E-state index in [0.717, 1.165) is 67.4 Å². The summed E-state index contributed by atoms with van der Waals surface area (Å²) in [6.45, 7) is 8.38. The number of fused-ring (bicyclic) bond motifs is 1. The van der Waals surface area contributed by atoms with Crippen LogP contribution in [0.4, 0.5) is 5.82 Å². The fraction of sp³-hybridized carbons (Fsp3) is 0.476. The van der Waals surface area contributed by atoms with Crippen molar-refractivity contribution in [3.8, 4) is 17.1 Å². The number of thiophene rings is 1. The van der Waals surface area contributed by atoms with Gasteiger partial charge in [0.05, 0.1) is 29.6 Å². The maximum Gasteiger partial charge on any atom is 0.163 e. The van der Waals surface area contributed by atoms with Crippen LogP contribution in [0.15, 0.2) is 24.5 Å². The second-order valence-electron chi connectivity index (χ2n) is 7.91. The average molecular weight is 427 g/mol. The first-order chi connectivity index (χ1) is 14.7. The molecule has 0 amide bonds. The number of aromatic hydroxyl groups is 1. The summed E-state index contributed by atoms with van der Waals surface area (Å²) in [5.41, 5.74) is 1.68. The van der Waals surface area contributed by atoms with Crippen LogP contribution in [0.1, 0.15) is 4.88 Å². The third-order valence-electron chi connectivity index (χ3n) is 5.67. The van der Waals surface area contributed by atoms with Gasteiger partial charge in [-0.1, -0.05) is 0 Å². The third kappa shape index (κ3) is 4.11. The van der Waals surface area contributed by atoms with Crippen molar-refractivity contribution in [1.82, 2.24) is 24.8 Å². The SMILES string of the molecule is CN1CCN(Cc2cc3nc(-c4cncc(O)c4)nc(N4CCOCC4)c3s2)CC1. The van der Waals surface area contributed by atoms with Gasteiger partial charge in [0, 0.05) is 62.5 Å². The van der Waals surface area contributed by atoms with E-state index in [4.69, 9.17) is 14.7 Å². The van der Waals surface area contributed by atoms with E-state index < -0.39 is 0 Å². The third-order valence-corrected chi connectivity index (χ3v) is 6.78. The molecule has 8 nitrogen and oxygen atoms in total. The molecule has 5 rings (SSSR count). The van der Waals surface area contributed by atoms with E-state index in [0.29, 0.717) is 19.0 Å². The van der Waals surface area contributed by atoms with Crippen molar-refractivity contribution < 1.29 is 9.84 Å². The Kier molecular flexibility index (Phi) is 5.51. The Morgan fingerprint density at radius 1 is 1.03 bits per heavy atom. The second-order valence-corrected chi connectivity index (χ2v) is 9.05. The summed E-state index contributed by atoms with van der Waals surface area (Å²) >= 11 is 1.79. The fourth-order valence-electron chi connectivity index (χ4n) is 3.94. The highest BCUT2D eigenvalue weighted by Gasteiger charge is 2.21. The van der Waals surface area contributed by atoms with Crippen LogP contribution in [0.25, 0.3) is 21.6 Å². The van der Waals surface area contributed by atoms with E-state index in [1.165, 1.54) is 11.1 Å². The standard InChI is InChI=1S/C21H26N6O2S/c1-25-2-4-26(5-3-25)14-17-11-18-19(30-17)21(27-6-8-29-9-7-27)24-20(23-18)15-10-16(28)13-22-12-15/h10-13,28H,2-9,14H2,1H3. The molecular weight excluding hydrogens is 400 g/mol. The van der Waals surface area contributed by atoms with E-state index in [1.54, 1.807) is 23.6 Å². The minimum Gasteiger partial charge on any atom is -0.506 e. The average Bonchev–Trinajstić information content (AvgIpc) is 3.17. The molecule has 0 unspecified atom stereocenters. The second kappa shape index (κ2) is 8.43. The molecule has 2 aliphatic heterocycles. The van der Waals surface area contributed by atoms with Crippen LogP contribution in [0, 0.1) is 0 Å². The van der Waals surface area contributed by atoms with Gasteiger partial charge in [0.2, 0.25) is 0 Å². The number of anilines is 1. The van der Waals surface area contributed by atoms with Gasteiger partial charge < -0.3 is 19.6 Å². The van der Waals surface area contributed by atoms with Gasteiger partial charge in [-0.25, -0.2) is 9.97 Å². The number of hydrogen-bond acceptors (Lipinski definition) is 9. The highest BCUT2D eigenvalue weighted by Crippen LogP contribution is 2.35. The van der Waals surface area contributed by atoms with Gasteiger partial charge in [0.25, 0.3) is 0 Å². The molecule has 30 heavy (non-hydrogen) atoms. The molecule has 0 aliphatic carbocycles. The number of likely N-dealkylation sites (N-methyl/N-ethyl adjacent to an activating group) is 1. The lowest BCUT2D eigenvalue weighted by atomic mass is 10.2. The molecule has 2 saturated heterocycles. The summed E-state index contributed by atoms with van der Waals surface area (Å²) in [5, 5.41) is 9.86. The van der Waals surface area contributed by atoms with E-state index in [2.05, 4.69) is 32.8 Å². The minimum absolute atomic E-state index is 0.116. The number of nitrogens with zero attached hydrogens (tertiary/aromatic N) is 6. The number of ether oxygens (including phenoxy) is 1. The van der Waals surface area contributed by atoms with Crippen LogP contribution in [0.2, 0.25) is 0 Å². The van der Waals surface area contributed by atoms with Gasteiger partial charge in [0.1, 0.15) is 5.75 Å².